The van der Waals surface area contributed by atoms with Gasteiger partial charge in [0.2, 0.25) is 0 Å². The molecule has 0 fully saturated rings. The molecule has 0 spiro atoms. The number of imidazole rings is 1. The van der Waals surface area contributed by atoms with Crippen LogP contribution in [0.15, 0.2) is 36.4 Å². The molecule has 0 amide bonds. The molecule has 1 heterocycles. The van der Waals surface area contributed by atoms with Crippen LogP contribution in [0.1, 0.15) is 61.1 Å². The zero-order chi connectivity index (χ0) is 22.5. The number of aromatic carboxylic acids is 1. The highest BCUT2D eigenvalue weighted by atomic mass is 35.5. The van der Waals surface area contributed by atoms with Crippen LogP contribution in [-0.2, 0) is 19.5 Å². The molecule has 3 rings (SSSR count). The van der Waals surface area contributed by atoms with Crippen LogP contribution in [0, 0.1) is 5.92 Å². The number of unbranched alkanes of at least 4 members (excludes halogenated alkanes) is 1. The van der Waals surface area contributed by atoms with Crippen LogP contribution in [-0.4, -0.2) is 37.4 Å². The molecule has 0 bridgehead atoms. The third-order valence-electron chi connectivity index (χ3n) is 5.34. The second-order valence-electron chi connectivity index (χ2n) is 8.32. The predicted octanol–water partition coefficient (Wildman–Crippen LogP) is 5.63. The molecule has 0 radical (unpaired) electrons. The second-order valence-corrected chi connectivity index (χ2v) is 8.68. The number of benzene rings is 2. The highest BCUT2D eigenvalue weighted by molar-refractivity contribution is 6.30. The second kappa shape index (κ2) is 10.3. The average Bonchev–Trinajstić information content (AvgIpc) is 3.00. The maximum Gasteiger partial charge on any atom is 0.336 e. The van der Waals surface area contributed by atoms with Crippen LogP contribution < -0.4 is 0 Å². The molecule has 0 aliphatic heterocycles. The molecule has 2 N–H and O–H groups in total. The van der Waals surface area contributed by atoms with Gasteiger partial charge in [0.15, 0.2) is 5.15 Å². The van der Waals surface area contributed by atoms with E-state index in [1.807, 2.05) is 44.2 Å². The fraction of sp³-hybridized carbons (Fsp3) is 0.417. The number of carbonyl (C=O) groups is 1. The van der Waals surface area contributed by atoms with Crippen molar-refractivity contribution in [3.05, 3.63) is 64.2 Å². The largest absolute Gasteiger partial charge is 0.478 e. The lowest BCUT2D eigenvalue weighted by Gasteiger charge is -2.20. The summed E-state index contributed by atoms with van der Waals surface area (Å²) in [6.07, 6.45) is 2.81. The van der Waals surface area contributed by atoms with Crippen LogP contribution in [0.4, 0.5) is 0 Å². The maximum atomic E-state index is 11.7. The van der Waals surface area contributed by atoms with E-state index < -0.39 is 5.97 Å². The van der Waals surface area contributed by atoms with E-state index in [4.69, 9.17) is 11.6 Å². The summed E-state index contributed by atoms with van der Waals surface area (Å²) in [6, 6.07) is 11.0. The Bertz CT molecular complexity index is 1060. The number of hydrogen-bond donors (Lipinski definition) is 2. The van der Waals surface area contributed by atoms with Gasteiger partial charge < -0.3 is 14.9 Å². The van der Waals surface area contributed by atoms with Crippen molar-refractivity contribution in [3.8, 4) is 0 Å². The first kappa shape index (κ1) is 23.3. The molecule has 2 aromatic carbocycles. The summed E-state index contributed by atoms with van der Waals surface area (Å²) in [7, 11) is 0. The fourth-order valence-corrected chi connectivity index (χ4v) is 4.14. The van der Waals surface area contributed by atoms with Gasteiger partial charge in [-0.25, -0.2) is 9.78 Å². The Labute approximate surface area is 188 Å². The van der Waals surface area contributed by atoms with Gasteiger partial charge in [0.25, 0.3) is 0 Å². The van der Waals surface area contributed by atoms with Crippen LogP contribution in [0.5, 0.6) is 0 Å². The Morgan fingerprint density at radius 1 is 1.19 bits per heavy atom. The number of hydroxylamine groups is 2. The summed E-state index contributed by atoms with van der Waals surface area (Å²) >= 11 is 6.51. The maximum absolute atomic E-state index is 11.7. The van der Waals surface area contributed by atoms with E-state index in [1.54, 1.807) is 6.07 Å². The first-order chi connectivity index (χ1) is 14.8. The number of nitrogens with zero attached hydrogens (tertiary/aromatic N) is 3. The van der Waals surface area contributed by atoms with Crippen molar-refractivity contribution in [3.63, 3.8) is 0 Å². The minimum Gasteiger partial charge on any atom is -0.478 e. The number of carboxylic acids is 1. The van der Waals surface area contributed by atoms with Crippen LogP contribution in [0.25, 0.3) is 10.8 Å². The molecule has 1 aromatic heterocycles. The minimum absolute atomic E-state index is 0.279. The summed E-state index contributed by atoms with van der Waals surface area (Å²) in [5.74, 6) is 0.251. The van der Waals surface area contributed by atoms with E-state index in [0.29, 0.717) is 29.5 Å². The molecule has 0 aliphatic carbocycles. The zero-order valence-corrected chi connectivity index (χ0v) is 19.1. The van der Waals surface area contributed by atoms with Gasteiger partial charge in [0, 0.05) is 19.5 Å². The summed E-state index contributed by atoms with van der Waals surface area (Å²) in [5.41, 5.74) is 2.04. The Kier molecular flexibility index (Phi) is 7.70. The molecule has 0 unspecified atom stereocenters. The zero-order valence-electron chi connectivity index (χ0n) is 18.3. The van der Waals surface area contributed by atoms with Gasteiger partial charge >= 0.3 is 5.97 Å². The molecule has 0 aliphatic rings. The van der Waals surface area contributed by atoms with Gasteiger partial charge in [-0.05, 0) is 34.7 Å². The van der Waals surface area contributed by atoms with Gasteiger partial charge in [-0.1, -0.05) is 69.1 Å². The topological polar surface area (TPSA) is 78.6 Å². The van der Waals surface area contributed by atoms with Crippen molar-refractivity contribution in [1.82, 2.24) is 14.6 Å². The normalized spacial score (nSPS) is 11.7. The number of fused-ring (bicyclic) bond motifs is 1. The van der Waals surface area contributed by atoms with Crippen molar-refractivity contribution in [1.29, 1.82) is 0 Å². The Morgan fingerprint density at radius 2 is 1.90 bits per heavy atom. The first-order valence-corrected chi connectivity index (χ1v) is 11.1. The lowest BCUT2D eigenvalue weighted by Crippen LogP contribution is -2.25. The molecule has 0 atom stereocenters. The van der Waals surface area contributed by atoms with Gasteiger partial charge in [-0.2, -0.15) is 5.06 Å². The van der Waals surface area contributed by atoms with E-state index in [9.17, 15) is 15.1 Å². The molecular formula is C24H30ClN3O3. The van der Waals surface area contributed by atoms with Crippen LogP contribution in [0.2, 0.25) is 5.15 Å². The molecule has 166 valence electrons. The van der Waals surface area contributed by atoms with Crippen molar-refractivity contribution in [2.45, 2.75) is 53.1 Å². The Hall–Kier alpha value is -2.41. The van der Waals surface area contributed by atoms with Crippen molar-refractivity contribution in [2.24, 2.45) is 5.92 Å². The fourth-order valence-electron chi connectivity index (χ4n) is 3.88. The van der Waals surface area contributed by atoms with Crippen LogP contribution >= 0.6 is 11.6 Å². The number of hydrogen-bond acceptors (Lipinski definition) is 4. The van der Waals surface area contributed by atoms with E-state index in [1.165, 1.54) is 5.06 Å². The number of carboxylic acid groups (broad SMARTS) is 1. The summed E-state index contributed by atoms with van der Waals surface area (Å²) in [4.78, 5) is 16.3. The van der Waals surface area contributed by atoms with Crippen LogP contribution in [0.3, 0.4) is 0 Å². The summed E-state index contributed by atoms with van der Waals surface area (Å²) < 4.78 is 2.07. The molecule has 0 saturated carbocycles. The first-order valence-electron chi connectivity index (χ1n) is 10.7. The Balaban J connectivity index is 2.05. The molecule has 3 aromatic rings. The van der Waals surface area contributed by atoms with Crippen molar-refractivity contribution >= 4 is 28.3 Å². The summed E-state index contributed by atoms with van der Waals surface area (Å²) in [5, 5.41) is 23.2. The summed E-state index contributed by atoms with van der Waals surface area (Å²) in [6.45, 7) is 7.54. The van der Waals surface area contributed by atoms with Gasteiger partial charge in [0.05, 0.1) is 17.8 Å². The molecular weight excluding hydrogens is 414 g/mol. The van der Waals surface area contributed by atoms with E-state index in [0.717, 1.165) is 41.7 Å². The standard InChI is InChI=1S/C24H30ClN3O3/c1-4-5-10-22-26-23(25)21(15-27(31)13-16(2)3)28(22)14-17-11-12-20(24(29)30)19-9-7-6-8-18(17)19/h6-9,11-12,16,31H,4-5,10,13-15H2,1-3H3,(H,29,30). The SMILES string of the molecule is CCCCc1nc(Cl)c(CN(O)CC(C)C)n1Cc1ccc(C(=O)O)c2ccccc12. The van der Waals surface area contributed by atoms with E-state index in [2.05, 4.69) is 16.5 Å². The van der Waals surface area contributed by atoms with Crippen molar-refractivity contribution in [2.75, 3.05) is 6.54 Å². The molecule has 6 nitrogen and oxygen atoms in total. The number of rotatable bonds is 10. The number of aromatic nitrogens is 2. The van der Waals surface area contributed by atoms with Gasteiger partial charge in [-0.15, -0.1) is 0 Å². The lowest BCUT2D eigenvalue weighted by atomic mass is 9.99. The molecule has 0 saturated heterocycles. The number of aryl methyl sites for hydroxylation is 1. The quantitative estimate of drug-likeness (QED) is 0.397. The minimum atomic E-state index is -0.942. The number of halogens is 1. The predicted molar refractivity (Wildman–Crippen MR) is 123 cm³/mol. The highest BCUT2D eigenvalue weighted by Crippen LogP contribution is 2.27. The average molecular weight is 444 g/mol. The highest BCUT2D eigenvalue weighted by Gasteiger charge is 2.20. The van der Waals surface area contributed by atoms with E-state index >= 15 is 0 Å². The monoisotopic (exact) mass is 443 g/mol. The van der Waals surface area contributed by atoms with Gasteiger partial charge in [0.1, 0.15) is 5.82 Å². The Morgan fingerprint density at radius 3 is 2.55 bits per heavy atom. The lowest BCUT2D eigenvalue weighted by molar-refractivity contribution is -0.108. The van der Waals surface area contributed by atoms with E-state index in [-0.39, 0.29) is 12.1 Å². The third kappa shape index (κ3) is 5.45. The third-order valence-corrected chi connectivity index (χ3v) is 5.64. The molecule has 31 heavy (non-hydrogen) atoms. The van der Waals surface area contributed by atoms with Crippen molar-refractivity contribution < 1.29 is 15.1 Å². The van der Waals surface area contributed by atoms with Gasteiger partial charge in [-0.3, -0.25) is 0 Å². The smallest absolute Gasteiger partial charge is 0.336 e. The molecule has 7 heteroatoms.